The van der Waals surface area contributed by atoms with Crippen LogP contribution in [0.15, 0.2) is 12.3 Å². The van der Waals surface area contributed by atoms with Crippen LogP contribution >= 0.6 is 23.5 Å². The zero-order valence-electron chi connectivity index (χ0n) is 4.70. The third-order valence-corrected chi connectivity index (χ3v) is 4.23. The number of nitrogens with zero attached hydrogens (tertiary/aromatic N) is 1. The fraction of sp³-hybridized carbons (Fsp3) is 0.400. The van der Waals surface area contributed by atoms with E-state index in [-0.39, 0.29) is 0 Å². The largest absolute Gasteiger partial charge is 0.281 e. The first-order valence-corrected chi connectivity index (χ1v) is 4.79. The number of thioether (sulfide) groups is 2. The lowest BCUT2D eigenvalue weighted by molar-refractivity contribution is 1.03. The van der Waals surface area contributed by atoms with Gasteiger partial charge in [0.05, 0.1) is 10.3 Å². The fourth-order valence-electron chi connectivity index (χ4n) is 0.714. The summed E-state index contributed by atoms with van der Waals surface area (Å²) < 4.78 is 0.632. The predicted octanol–water partition coefficient (Wildman–Crippen LogP) is 1.85. The van der Waals surface area contributed by atoms with Gasteiger partial charge in [-0.15, -0.1) is 23.5 Å². The van der Waals surface area contributed by atoms with E-state index < -0.39 is 0 Å². The van der Waals surface area contributed by atoms with Crippen molar-refractivity contribution in [1.29, 1.82) is 0 Å². The van der Waals surface area contributed by atoms with Gasteiger partial charge in [0, 0.05) is 11.3 Å². The average Bonchev–Trinajstić information content (AvgIpc) is 2.11. The number of H-pyrrole nitrogens is 1. The molecule has 1 N–H and O–H groups in total. The number of aromatic amines is 1. The highest BCUT2D eigenvalue weighted by molar-refractivity contribution is 8.31. The molecule has 9 heavy (non-hydrogen) atoms. The highest BCUT2D eigenvalue weighted by Gasteiger charge is 2.21. The van der Waals surface area contributed by atoms with Crippen LogP contribution < -0.4 is 0 Å². The van der Waals surface area contributed by atoms with Crippen LogP contribution in [0.4, 0.5) is 0 Å². The van der Waals surface area contributed by atoms with Gasteiger partial charge in [0.15, 0.2) is 0 Å². The molecule has 1 aliphatic rings. The molecule has 2 nitrogen and oxygen atoms in total. The lowest BCUT2D eigenvalue weighted by atomic mass is 10.5. The van der Waals surface area contributed by atoms with Crippen LogP contribution in [0, 0.1) is 0 Å². The van der Waals surface area contributed by atoms with Gasteiger partial charge in [-0.2, -0.15) is 5.10 Å². The van der Waals surface area contributed by atoms with E-state index in [1.807, 2.05) is 29.6 Å². The molecule has 4 heteroatoms. The van der Waals surface area contributed by atoms with Crippen LogP contribution in [-0.4, -0.2) is 15.3 Å². The van der Waals surface area contributed by atoms with Crippen molar-refractivity contribution in [3.05, 3.63) is 18.0 Å². The Morgan fingerprint density at radius 1 is 1.67 bits per heavy atom. The molecule has 2 rings (SSSR count). The van der Waals surface area contributed by atoms with Gasteiger partial charge in [0.25, 0.3) is 0 Å². The normalized spacial score (nSPS) is 19.6. The minimum absolute atomic E-state index is 0.632. The van der Waals surface area contributed by atoms with Gasteiger partial charge in [-0.05, 0) is 6.07 Å². The van der Waals surface area contributed by atoms with Crippen molar-refractivity contribution in [1.82, 2.24) is 10.2 Å². The van der Waals surface area contributed by atoms with Crippen LogP contribution in [-0.2, 0) is 0 Å². The Bertz CT molecular complexity index is 181. The first kappa shape index (κ1) is 5.68. The van der Waals surface area contributed by atoms with Crippen LogP contribution in [0.1, 0.15) is 10.3 Å². The molecule has 1 aromatic heterocycles. The van der Waals surface area contributed by atoms with Crippen LogP contribution in [0.3, 0.4) is 0 Å². The second-order valence-corrected chi connectivity index (χ2v) is 4.65. The average molecular weight is 158 g/mol. The van der Waals surface area contributed by atoms with E-state index in [1.54, 1.807) is 6.20 Å². The summed E-state index contributed by atoms with van der Waals surface area (Å²) in [5, 5.41) is 8.05. The maximum absolute atomic E-state index is 3.87. The number of rotatable bonds is 1. The Morgan fingerprint density at radius 3 is 3.00 bits per heavy atom. The Hall–Kier alpha value is -0.0900. The molecular weight excluding hydrogens is 152 g/mol. The maximum atomic E-state index is 3.87. The highest BCUT2D eigenvalue weighted by Crippen LogP contribution is 2.50. The molecule has 1 aromatic rings. The third-order valence-electron chi connectivity index (χ3n) is 1.22. The van der Waals surface area contributed by atoms with E-state index in [0.717, 1.165) is 0 Å². The SMILES string of the molecule is c1cc(C2SCS2)[nH]n1. The van der Waals surface area contributed by atoms with E-state index in [4.69, 9.17) is 0 Å². The van der Waals surface area contributed by atoms with E-state index in [9.17, 15) is 0 Å². The van der Waals surface area contributed by atoms with Crippen molar-refractivity contribution in [3.63, 3.8) is 0 Å². The summed E-state index contributed by atoms with van der Waals surface area (Å²) in [4.78, 5) is 0. The lowest BCUT2D eigenvalue weighted by Gasteiger charge is -2.22. The van der Waals surface area contributed by atoms with Gasteiger partial charge in [-0.25, -0.2) is 0 Å². The number of hydrogen-bond donors (Lipinski definition) is 1. The molecule has 2 heterocycles. The first-order valence-electron chi connectivity index (χ1n) is 2.69. The Balaban J connectivity index is 2.14. The van der Waals surface area contributed by atoms with Crippen molar-refractivity contribution < 1.29 is 0 Å². The zero-order chi connectivity index (χ0) is 6.10. The summed E-state index contributed by atoms with van der Waals surface area (Å²) in [7, 11) is 0. The van der Waals surface area contributed by atoms with Gasteiger partial charge in [-0.3, -0.25) is 5.10 Å². The van der Waals surface area contributed by atoms with E-state index in [0.29, 0.717) is 4.58 Å². The first-order chi connectivity index (χ1) is 4.47. The molecule has 0 atom stereocenters. The van der Waals surface area contributed by atoms with E-state index >= 15 is 0 Å². The molecule has 1 saturated heterocycles. The summed E-state index contributed by atoms with van der Waals surface area (Å²) in [5.41, 5.74) is 1.25. The summed E-state index contributed by atoms with van der Waals surface area (Å²) in [5.74, 6) is 0. The zero-order valence-corrected chi connectivity index (χ0v) is 6.34. The van der Waals surface area contributed by atoms with Crippen molar-refractivity contribution in [2.75, 3.05) is 5.08 Å². The molecule has 0 amide bonds. The molecule has 1 fully saturated rings. The summed E-state index contributed by atoms with van der Waals surface area (Å²) in [6, 6.07) is 2.03. The molecule has 0 saturated carbocycles. The Morgan fingerprint density at radius 2 is 2.56 bits per heavy atom. The number of hydrogen-bond acceptors (Lipinski definition) is 3. The molecule has 48 valence electrons. The minimum atomic E-state index is 0.632. The van der Waals surface area contributed by atoms with E-state index in [1.165, 1.54) is 10.8 Å². The molecule has 0 aliphatic carbocycles. The monoisotopic (exact) mass is 158 g/mol. The van der Waals surface area contributed by atoms with Crippen molar-refractivity contribution in [3.8, 4) is 0 Å². The maximum Gasteiger partial charge on any atom is 0.0932 e. The topological polar surface area (TPSA) is 28.7 Å². The van der Waals surface area contributed by atoms with Gasteiger partial charge < -0.3 is 0 Å². The fourth-order valence-corrected chi connectivity index (χ4v) is 2.42. The standard InChI is InChI=1S/C5H6N2S2/c1-2-6-7-4(1)5-8-3-9-5/h1-2,5H,3H2,(H,6,7). The van der Waals surface area contributed by atoms with Crippen molar-refractivity contribution in [2.45, 2.75) is 4.58 Å². The van der Waals surface area contributed by atoms with Crippen LogP contribution in [0.2, 0.25) is 0 Å². The van der Waals surface area contributed by atoms with Gasteiger partial charge in [0.2, 0.25) is 0 Å². The summed E-state index contributed by atoms with van der Waals surface area (Å²) in [6.45, 7) is 0. The minimum Gasteiger partial charge on any atom is -0.281 e. The van der Waals surface area contributed by atoms with Gasteiger partial charge in [0.1, 0.15) is 0 Å². The van der Waals surface area contributed by atoms with Gasteiger partial charge in [-0.1, -0.05) is 0 Å². The highest BCUT2D eigenvalue weighted by atomic mass is 32.3. The second-order valence-electron chi connectivity index (χ2n) is 1.80. The molecule has 0 unspecified atom stereocenters. The second kappa shape index (κ2) is 2.27. The lowest BCUT2D eigenvalue weighted by Crippen LogP contribution is -1.98. The molecular formula is C5H6N2S2. The smallest absolute Gasteiger partial charge is 0.0932 e. The van der Waals surface area contributed by atoms with Gasteiger partial charge >= 0.3 is 0 Å². The Labute approximate surface area is 61.8 Å². The quantitative estimate of drug-likeness (QED) is 0.676. The predicted molar refractivity (Wildman–Crippen MR) is 41.4 cm³/mol. The van der Waals surface area contributed by atoms with Crippen molar-refractivity contribution >= 4 is 23.5 Å². The molecule has 0 radical (unpaired) electrons. The van der Waals surface area contributed by atoms with Crippen LogP contribution in [0.5, 0.6) is 0 Å². The molecule has 0 spiro atoms. The summed E-state index contributed by atoms with van der Waals surface area (Å²) in [6.07, 6.45) is 1.80. The molecule has 0 bridgehead atoms. The number of nitrogens with one attached hydrogen (secondary N) is 1. The summed E-state index contributed by atoms with van der Waals surface area (Å²) >= 11 is 3.91. The molecule has 1 aliphatic heterocycles. The molecule has 0 aromatic carbocycles. The van der Waals surface area contributed by atoms with Crippen LogP contribution in [0.25, 0.3) is 0 Å². The third kappa shape index (κ3) is 0.966. The Kier molecular flexibility index (Phi) is 1.43. The van der Waals surface area contributed by atoms with Crippen molar-refractivity contribution in [2.24, 2.45) is 0 Å². The number of aromatic nitrogens is 2. The van der Waals surface area contributed by atoms with E-state index in [2.05, 4.69) is 10.2 Å².